The van der Waals surface area contributed by atoms with Crippen LogP contribution in [0.4, 0.5) is 5.69 Å². The van der Waals surface area contributed by atoms with Crippen LogP contribution in [0.1, 0.15) is 58.2 Å². The van der Waals surface area contributed by atoms with Gasteiger partial charge in [0.05, 0.1) is 45.0 Å². The average Bonchev–Trinajstić information content (AvgIpc) is 3.20. The smallest absolute Gasteiger partial charge is 0.274 e. The first-order chi connectivity index (χ1) is 17.0. The molecule has 13 heteroatoms. The number of halogens is 2. The fourth-order valence-corrected chi connectivity index (χ4v) is 6.98. The van der Waals surface area contributed by atoms with E-state index in [-0.39, 0.29) is 34.0 Å². The lowest BCUT2D eigenvalue weighted by molar-refractivity contribution is 0.0909. The zero-order valence-corrected chi connectivity index (χ0v) is 22.6. The van der Waals surface area contributed by atoms with Crippen molar-refractivity contribution in [1.29, 1.82) is 5.26 Å². The van der Waals surface area contributed by atoms with E-state index in [0.717, 1.165) is 0 Å². The summed E-state index contributed by atoms with van der Waals surface area (Å²) in [5.41, 5.74) is 0.191. The number of nitrogens with zero attached hydrogens (tertiary/aromatic N) is 4. The van der Waals surface area contributed by atoms with E-state index in [1.165, 1.54) is 16.8 Å². The Hall–Kier alpha value is -3.01. The molecule has 2 aliphatic heterocycles. The molecule has 0 aliphatic carbocycles. The van der Waals surface area contributed by atoms with Gasteiger partial charge in [0.2, 0.25) is 0 Å². The van der Waals surface area contributed by atoms with Crippen LogP contribution in [0.15, 0.2) is 32.8 Å². The summed E-state index contributed by atoms with van der Waals surface area (Å²) in [4.78, 5) is 31.0. The summed E-state index contributed by atoms with van der Waals surface area (Å²) in [5, 5.41) is 19.7. The fraction of sp³-hybridized carbons (Fsp3) is 0.348. The second-order valence-corrected chi connectivity index (χ2v) is 12.1. The van der Waals surface area contributed by atoms with E-state index in [1.54, 1.807) is 26.1 Å². The lowest BCUT2D eigenvalue weighted by Crippen LogP contribution is -2.65. The van der Waals surface area contributed by atoms with Crippen molar-refractivity contribution in [3.05, 3.63) is 50.2 Å². The third kappa shape index (κ3) is 5.09. The molecule has 1 fully saturated rings. The van der Waals surface area contributed by atoms with Crippen molar-refractivity contribution in [1.82, 2.24) is 15.1 Å². The van der Waals surface area contributed by atoms with Crippen molar-refractivity contribution in [3.63, 3.8) is 0 Å². The molecule has 10 nitrogen and oxygen atoms in total. The number of nitrogens with one attached hydrogen (secondary N) is 2. The molecular formula is C23H22BrClN6O4S. The molecule has 2 aromatic rings. The van der Waals surface area contributed by atoms with Gasteiger partial charge < -0.3 is 10.6 Å². The summed E-state index contributed by atoms with van der Waals surface area (Å²) < 4.78 is 25.3. The molecule has 3 heterocycles. The first-order valence-electron chi connectivity index (χ1n) is 11.0. The number of hydrogen-bond donors (Lipinski definition) is 2. The van der Waals surface area contributed by atoms with Crippen LogP contribution >= 0.6 is 27.5 Å². The van der Waals surface area contributed by atoms with Gasteiger partial charge in [-0.25, -0.2) is 18.1 Å². The standard InChI is InChI=1S/C23H22BrClN6O4S/c1-3-23(11-36(34,35)12-23)29-21(32)15-8-14(10-26)7-13(2)19(15)28-22(33)17-9-18(24)30-31(17)20-16(25)5-4-6-27-20/h6-9H,3-5,11-12H2,1-2H3,(H,28,33)(H,29,32). The molecule has 1 aromatic carbocycles. The summed E-state index contributed by atoms with van der Waals surface area (Å²) in [6, 6.07) is 6.43. The molecule has 2 amide bonds. The Kier molecular flexibility index (Phi) is 7.10. The Bertz CT molecular complexity index is 1480. The molecule has 2 N–H and O–H groups in total. The van der Waals surface area contributed by atoms with Crippen molar-refractivity contribution >= 4 is 66.9 Å². The zero-order chi connectivity index (χ0) is 26.3. The van der Waals surface area contributed by atoms with Crippen LogP contribution in [0.3, 0.4) is 0 Å². The number of aliphatic imine (C=N–C) groups is 1. The third-order valence-corrected chi connectivity index (χ3v) is 8.79. The Morgan fingerprint density at radius 2 is 2.00 bits per heavy atom. The molecule has 0 saturated carbocycles. The van der Waals surface area contributed by atoms with E-state index in [4.69, 9.17) is 11.6 Å². The molecule has 2 aliphatic rings. The highest BCUT2D eigenvalue weighted by molar-refractivity contribution is 9.10. The number of amides is 2. The summed E-state index contributed by atoms with van der Waals surface area (Å²) in [6.45, 7) is 3.45. The second-order valence-electron chi connectivity index (χ2n) is 8.74. The van der Waals surface area contributed by atoms with Gasteiger partial charge in [-0.05, 0) is 59.8 Å². The third-order valence-electron chi connectivity index (χ3n) is 6.06. The number of nitriles is 1. The number of aromatic nitrogens is 2. The first-order valence-corrected chi connectivity index (χ1v) is 14.0. The second kappa shape index (κ2) is 9.80. The van der Waals surface area contributed by atoms with Gasteiger partial charge in [-0.3, -0.25) is 9.59 Å². The van der Waals surface area contributed by atoms with Crippen LogP contribution in [0, 0.1) is 18.3 Å². The zero-order valence-electron chi connectivity index (χ0n) is 19.4. The van der Waals surface area contributed by atoms with E-state index in [9.17, 15) is 23.3 Å². The summed E-state index contributed by atoms with van der Waals surface area (Å²) in [6.07, 6.45) is 3.35. The Labute approximate surface area is 221 Å². The molecule has 4 rings (SSSR count). The van der Waals surface area contributed by atoms with E-state index in [2.05, 4.69) is 36.7 Å². The lowest BCUT2D eigenvalue weighted by Gasteiger charge is -2.41. The van der Waals surface area contributed by atoms with E-state index >= 15 is 0 Å². The van der Waals surface area contributed by atoms with Crippen molar-refractivity contribution in [2.45, 2.75) is 38.6 Å². The number of anilines is 1. The van der Waals surface area contributed by atoms with E-state index < -0.39 is 27.2 Å². The fourth-order valence-electron chi connectivity index (χ4n) is 4.22. The number of hydrogen-bond acceptors (Lipinski definition) is 7. The van der Waals surface area contributed by atoms with Crippen LogP contribution in [0.5, 0.6) is 0 Å². The number of rotatable bonds is 6. The van der Waals surface area contributed by atoms with Gasteiger partial charge in [-0.15, -0.1) is 0 Å². The molecule has 0 radical (unpaired) electrons. The van der Waals surface area contributed by atoms with Crippen LogP contribution in [-0.4, -0.2) is 53.3 Å². The Morgan fingerprint density at radius 1 is 1.28 bits per heavy atom. The minimum absolute atomic E-state index is 0.0510. The minimum atomic E-state index is -3.21. The minimum Gasteiger partial charge on any atom is -0.344 e. The van der Waals surface area contributed by atoms with Crippen molar-refractivity contribution in [2.75, 3.05) is 16.8 Å². The maximum Gasteiger partial charge on any atom is 0.274 e. The number of allylic oxidation sites excluding steroid dienone is 1. The largest absolute Gasteiger partial charge is 0.344 e. The van der Waals surface area contributed by atoms with E-state index in [0.29, 0.717) is 40.3 Å². The van der Waals surface area contributed by atoms with Crippen LogP contribution < -0.4 is 10.6 Å². The van der Waals surface area contributed by atoms with Crippen molar-refractivity contribution in [2.24, 2.45) is 4.99 Å². The lowest BCUT2D eigenvalue weighted by atomic mass is 9.97. The van der Waals surface area contributed by atoms with Gasteiger partial charge in [0.1, 0.15) is 10.3 Å². The number of carbonyl (C=O) groups is 2. The topological polar surface area (TPSA) is 146 Å². The number of sulfone groups is 1. The maximum absolute atomic E-state index is 13.4. The van der Waals surface area contributed by atoms with E-state index in [1.807, 2.05) is 6.07 Å². The molecule has 0 unspecified atom stereocenters. The van der Waals surface area contributed by atoms with Crippen LogP contribution in [0.2, 0.25) is 0 Å². The van der Waals surface area contributed by atoms with Gasteiger partial charge in [0.15, 0.2) is 15.7 Å². The van der Waals surface area contributed by atoms with Gasteiger partial charge in [0, 0.05) is 12.3 Å². The average molecular weight is 594 g/mol. The molecule has 1 aromatic heterocycles. The highest BCUT2D eigenvalue weighted by atomic mass is 79.9. The van der Waals surface area contributed by atoms with Crippen LogP contribution in [-0.2, 0) is 9.84 Å². The molecule has 188 valence electrons. The summed E-state index contributed by atoms with van der Waals surface area (Å²) >= 11 is 9.61. The highest BCUT2D eigenvalue weighted by Crippen LogP contribution is 2.31. The molecule has 0 bridgehead atoms. The molecular weight excluding hydrogens is 572 g/mol. The Morgan fingerprint density at radius 3 is 2.61 bits per heavy atom. The monoisotopic (exact) mass is 592 g/mol. The molecule has 0 atom stereocenters. The predicted octanol–water partition coefficient (Wildman–Crippen LogP) is 3.61. The summed E-state index contributed by atoms with van der Waals surface area (Å²) in [5.74, 6) is -1.16. The predicted molar refractivity (Wildman–Crippen MR) is 140 cm³/mol. The first kappa shape index (κ1) is 26.1. The SMILES string of the molecule is CCC1(NC(=O)c2cc(C#N)cc(C)c2NC(=O)c2cc(Br)nn2C2=C(Cl)CCC=N2)CS(=O)(=O)C1. The van der Waals surface area contributed by atoms with Gasteiger partial charge >= 0.3 is 0 Å². The van der Waals surface area contributed by atoms with Gasteiger partial charge in [-0.2, -0.15) is 10.4 Å². The Balaban J connectivity index is 1.70. The van der Waals surface area contributed by atoms with Gasteiger partial charge in [0.25, 0.3) is 11.8 Å². The van der Waals surface area contributed by atoms with Crippen molar-refractivity contribution in [3.8, 4) is 6.07 Å². The summed E-state index contributed by atoms with van der Waals surface area (Å²) in [7, 11) is -3.21. The number of benzene rings is 1. The van der Waals surface area contributed by atoms with Crippen molar-refractivity contribution < 1.29 is 18.0 Å². The molecule has 0 spiro atoms. The molecule has 1 saturated heterocycles. The highest BCUT2D eigenvalue weighted by Gasteiger charge is 2.48. The maximum atomic E-state index is 13.4. The van der Waals surface area contributed by atoms with Gasteiger partial charge in [-0.1, -0.05) is 18.5 Å². The van der Waals surface area contributed by atoms with Crippen LogP contribution in [0.25, 0.3) is 5.82 Å². The molecule has 36 heavy (non-hydrogen) atoms. The number of aryl methyl sites for hydroxylation is 1. The number of carbonyl (C=O) groups excluding carboxylic acids is 2. The normalized spacial score (nSPS) is 17.8. The quantitative estimate of drug-likeness (QED) is 0.523.